The van der Waals surface area contributed by atoms with Crippen LogP contribution in [0, 0.1) is 5.41 Å². The lowest BCUT2D eigenvalue weighted by atomic mass is 9.66. The average molecular weight is 222 g/mol. The van der Waals surface area contributed by atoms with Crippen LogP contribution in [0.3, 0.4) is 0 Å². The Balaban J connectivity index is 2.30. The van der Waals surface area contributed by atoms with Crippen molar-refractivity contribution in [2.75, 3.05) is 13.1 Å². The molecule has 1 atom stereocenters. The molecule has 15 heavy (non-hydrogen) atoms. The fourth-order valence-electron chi connectivity index (χ4n) is 3.24. The highest BCUT2D eigenvalue weighted by Crippen LogP contribution is 2.56. The number of piperidine rings is 1. The highest BCUT2D eigenvalue weighted by atomic mass is 19.4. The summed E-state index contributed by atoms with van der Waals surface area (Å²) in [6, 6.07) is 0. The second kappa shape index (κ2) is 3.35. The predicted molar refractivity (Wildman–Crippen MR) is 51.4 cm³/mol. The van der Waals surface area contributed by atoms with Crippen molar-refractivity contribution in [1.29, 1.82) is 0 Å². The zero-order chi connectivity index (χ0) is 11.2. The molecule has 1 saturated carbocycles. The van der Waals surface area contributed by atoms with E-state index in [-0.39, 0.29) is 6.42 Å². The maximum atomic E-state index is 13.0. The monoisotopic (exact) mass is 222 g/mol. The number of nitrogens with two attached hydrogens (primary N) is 1. The lowest BCUT2D eigenvalue weighted by Crippen LogP contribution is -2.64. The van der Waals surface area contributed by atoms with Crippen molar-refractivity contribution in [2.24, 2.45) is 11.1 Å². The standard InChI is InChI=1S/C10H17F3N2/c11-10(12,13)9(14)3-1-2-8(9)4-6-15-7-5-8/h15H,1-7,14H2. The van der Waals surface area contributed by atoms with Crippen molar-refractivity contribution in [3.63, 3.8) is 0 Å². The lowest BCUT2D eigenvalue weighted by molar-refractivity contribution is -0.216. The van der Waals surface area contributed by atoms with Crippen LogP contribution in [0.15, 0.2) is 0 Å². The van der Waals surface area contributed by atoms with Gasteiger partial charge in [0.15, 0.2) is 0 Å². The number of halogens is 3. The van der Waals surface area contributed by atoms with Gasteiger partial charge in [-0.25, -0.2) is 0 Å². The molecule has 1 spiro atoms. The van der Waals surface area contributed by atoms with Gasteiger partial charge in [-0.1, -0.05) is 6.42 Å². The summed E-state index contributed by atoms with van der Waals surface area (Å²) in [4.78, 5) is 0. The number of hydrogen-bond donors (Lipinski definition) is 2. The van der Waals surface area contributed by atoms with E-state index in [2.05, 4.69) is 5.32 Å². The molecule has 1 unspecified atom stereocenters. The third-order valence-corrected chi connectivity index (χ3v) is 4.24. The van der Waals surface area contributed by atoms with Crippen LogP contribution >= 0.6 is 0 Å². The van der Waals surface area contributed by atoms with Gasteiger partial charge >= 0.3 is 6.18 Å². The molecule has 0 bridgehead atoms. The van der Waals surface area contributed by atoms with E-state index in [1.165, 1.54) is 0 Å². The molecule has 1 saturated heterocycles. The third-order valence-electron chi connectivity index (χ3n) is 4.24. The molecule has 3 N–H and O–H groups in total. The number of alkyl halides is 3. The van der Waals surface area contributed by atoms with E-state index in [1.54, 1.807) is 0 Å². The van der Waals surface area contributed by atoms with Gasteiger partial charge in [0.25, 0.3) is 0 Å². The fraction of sp³-hybridized carbons (Fsp3) is 1.00. The zero-order valence-corrected chi connectivity index (χ0v) is 8.66. The van der Waals surface area contributed by atoms with Crippen molar-refractivity contribution in [2.45, 2.75) is 43.8 Å². The minimum atomic E-state index is -4.26. The second-order valence-electron chi connectivity index (χ2n) is 4.85. The molecular weight excluding hydrogens is 205 g/mol. The van der Waals surface area contributed by atoms with Crippen LogP contribution < -0.4 is 11.1 Å². The van der Waals surface area contributed by atoms with Gasteiger partial charge < -0.3 is 11.1 Å². The van der Waals surface area contributed by atoms with Crippen molar-refractivity contribution >= 4 is 0 Å². The molecule has 2 nitrogen and oxygen atoms in total. The van der Waals surface area contributed by atoms with Gasteiger partial charge in [-0.2, -0.15) is 13.2 Å². The minimum absolute atomic E-state index is 0.0938. The van der Waals surface area contributed by atoms with Crippen molar-refractivity contribution < 1.29 is 13.2 Å². The highest BCUT2D eigenvalue weighted by molar-refractivity contribution is 5.12. The first-order valence-corrected chi connectivity index (χ1v) is 5.48. The Kier molecular flexibility index (Phi) is 2.50. The molecule has 0 aromatic heterocycles. The summed E-state index contributed by atoms with van der Waals surface area (Å²) in [7, 11) is 0. The first-order valence-electron chi connectivity index (χ1n) is 5.48. The van der Waals surface area contributed by atoms with Gasteiger partial charge in [0.2, 0.25) is 0 Å². The van der Waals surface area contributed by atoms with Crippen LogP contribution in [-0.4, -0.2) is 24.8 Å². The van der Waals surface area contributed by atoms with Gasteiger partial charge in [0.05, 0.1) is 0 Å². The molecular formula is C10H17F3N2. The van der Waals surface area contributed by atoms with Gasteiger partial charge in [-0.3, -0.25) is 0 Å². The Morgan fingerprint density at radius 2 is 1.60 bits per heavy atom. The highest BCUT2D eigenvalue weighted by Gasteiger charge is 2.65. The molecule has 1 heterocycles. The zero-order valence-electron chi connectivity index (χ0n) is 8.66. The average Bonchev–Trinajstić information content (AvgIpc) is 2.46. The topological polar surface area (TPSA) is 38.0 Å². The van der Waals surface area contributed by atoms with E-state index in [4.69, 9.17) is 5.73 Å². The van der Waals surface area contributed by atoms with Crippen LogP contribution in [0.2, 0.25) is 0 Å². The maximum absolute atomic E-state index is 13.0. The second-order valence-corrected chi connectivity index (χ2v) is 4.85. The maximum Gasteiger partial charge on any atom is 0.406 e. The summed E-state index contributed by atoms with van der Waals surface area (Å²) >= 11 is 0. The van der Waals surface area contributed by atoms with E-state index >= 15 is 0 Å². The Hall–Kier alpha value is -0.290. The number of nitrogens with one attached hydrogen (secondary N) is 1. The van der Waals surface area contributed by atoms with E-state index in [0.717, 1.165) is 0 Å². The Labute approximate surface area is 87.4 Å². The third kappa shape index (κ3) is 1.47. The Morgan fingerprint density at radius 3 is 2.13 bits per heavy atom. The number of rotatable bonds is 0. The predicted octanol–water partition coefficient (Wildman–Crippen LogP) is 1.80. The molecule has 5 heteroatoms. The first kappa shape index (κ1) is 11.2. The smallest absolute Gasteiger partial charge is 0.317 e. The Bertz CT molecular complexity index is 246. The summed E-state index contributed by atoms with van der Waals surface area (Å²) in [5.41, 5.74) is 3.05. The van der Waals surface area contributed by atoms with Crippen LogP contribution in [0.1, 0.15) is 32.1 Å². The Morgan fingerprint density at radius 1 is 1.00 bits per heavy atom. The molecule has 1 aliphatic heterocycles. The molecule has 2 rings (SSSR count). The van der Waals surface area contributed by atoms with Gasteiger partial charge in [0, 0.05) is 0 Å². The fourth-order valence-corrected chi connectivity index (χ4v) is 3.24. The van der Waals surface area contributed by atoms with Gasteiger partial charge in [-0.05, 0) is 44.2 Å². The minimum Gasteiger partial charge on any atom is -0.317 e. The van der Waals surface area contributed by atoms with Crippen LogP contribution in [0.5, 0.6) is 0 Å². The SMILES string of the molecule is NC1(C(F)(F)F)CCCC12CCNCC2. The molecule has 0 aromatic carbocycles. The van der Waals surface area contributed by atoms with E-state index in [1.807, 2.05) is 0 Å². The molecule has 1 aliphatic carbocycles. The summed E-state index contributed by atoms with van der Waals surface area (Å²) in [6.45, 7) is 1.32. The largest absolute Gasteiger partial charge is 0.406 e. The van der Waals surface area contributed by atoms with Crippen LogP contribution in [0.25, 0.3) is 0 Å². The summed E-state index contributed by atoms with van der Waals surface area (Å²) in [6.07, 6.45) is -1.82. The molecule has 88 valence electrons. The number of hydrogen-bond acceptors (Lipinski definition) is 2. The summed E-state index contributed by atoms with van der Waals surface area (Å²) < 4.78 is 39.1. The van der Waals surface area contributed by atoms with Crippen LogP contribution in [-0.2, 0) is 0 Å². The van der Waals surface area contributed by atoms with Gasteiger partial charge in [0.1, 0.15) is 5.54 Å². The lowest BCUT2D eigenvalue weighted by Gasteiger charge is -2.47. The van der Waals surface area contributed by atoms with E-state index in [0.29, 0.717) is 38.8 Å². The van der Waals surface area contributed by atoms with Crippen molar-refractivity contribution in [3.05, 3.63) is 0 Å². The van der Waals surface area contributed by atoms with E-state index < -0.39 is 17.1 Å². The normalized spacial score (nSPS) is 36.0. The van der Waals surface area contributed by atoms with Crippen molar-refractivity contribution in [1.82, 2.24) is 5.32 Å². The quantitative estimate of drug-likeness (QED) is 0.656. The van der Waals surface area contributed by atoms with Crippen molar-refractivity contribution in [3.8, 4) is 0 Å². The molecule has 2 aliphatic rings. The molecule has 0 radical (unpaired) electrons. The summed E-state index contributed by atoms with van der Waals surface area (Å²) in [5, 5.41) is 3.10. The molecule has 2 fully saturated rings. The first-order chi connectivity index (χ1) is 6.91. The van der Waals surface area contributed by atoms with Crippen LogP contribution in [0.4, 0.5) is 13.2 Å². The van der Waals surface area contributed by atoms with E-state index in [9.17, 15) is 13.2 Å². The molecule has 0 aromatic rings. The molecule has 0 amide bonds. The summed E-state index contributed by atoms with van der Waals surface area (Å²) in [5.74, 6) is 0. The van der Waals surface area contributed by atoms with Gasteiger partial charge in [-0.15, -0.1) is 0 Å².